The van der Waals surface area contributed by atoms with Crippen LogP contribution < -0.4 is 30.6 Å². The first-order valence-corrected chi connectivity index (χ1v) is 3.20. The molecular weight excluding hydrogens is 423 g/mol. The summed E-state index contributed by atoms with van der Waals surface area (Å²) in [6.07, 6.45) is 0. The minimum atomic E-state index is -2.19. The largest absolute Gasteiger partial charge is 4.00 e. The Balaban J connectivity index is -0.0000000536. The SMILES string of the molecule is O=C([O-])C(=O)[O-].O=C([O-])C(=O)[O-].O=C([O-])C(=O)[O-].[Ca+2].[Sn+4]. The number of carbonyl (C=O) groups excluding carboxylic acids is 6. The summed E-state index contributed by atoms with van der Waals surface area (Å²) in [6, 6.07) is 0. The molecule has 0 bridgehead atoms. The van der Waals surface area contributed by atoms with Crippen molar-refractivity contribution in [3.63, 3.8) is 0 Å². The maximum Gasteiger partial charge on any atom is 4.00 e. The Bertz CT molecular complexity index is 283. The summed E-state index contributed by atoms with van der Waals surface area (Å²) in [4.78, 5) is 53.6. The van der Waals surface area contributed by atoms with E-state index in [2.05, 4.69) is 0 Å². The molecule has 0 aliphatic carbocycles. The first kappa shape index (κ1) is 31.3. The molecule has 14 heteroatoms. The first-order chi connectivity index (χ1) is 7.93. The van der Waals surface area contributed by atoms with Crippen molar-refractivity contribution < 1.29 is 59.4 Å². The molecule has 102 valence electrons. The molecule has 0 aliphatic rings. The first-order valence-electron chi connectivity index (χ1n) is 3.20. The topological polar surface area (TPSA) is 241 Å². The van der Waals surface area contributed by atoms with Gasteiger partial charge in [0.1, 0.15) is 0 Å². The predicted octanol–water partition coefficient (Wildman–Crippen LogP) is -11.3. The van der Waals surface area contributed by atoms with E-state index >= 15 is 0 Å². The van der Waals surface area contributed by atoms with Gasteiger partial charge in [-0.15, -0.1) is 0 Å². The molecular formula is C6CaO12Sn. The summed E-state index contributed by atoms with van der Waals surface area (Å²) in [5, 5.41) is 53.6. The molecule has 0 atom stereocenters. The molecule has 0 aromatic heterocycles. The van der Waals surface area contributed by atoms with E-state index in [9.17, 15) is 0 Å². The molecule has 0 heterocycles. The van der Waals surface area contributed by atoms with Crippen LogP contribution in [0.1, 0.15) is 0 Å². The Kier molecular flexibility index (Phi) is 28.0. The van der Waals surface area contributed by atoms with Gasteiger partial charge in [-0.25, -0.2) is 0 Å². The van der Waals surface area contributed by atoms with E-state index in [0.29, 0.717) is 0 Å². The molecule has 0 saturated carbocycles. The number of hydrogen-bond acceptors (Lipinski definition) is 12. The summed E-state index contributed by atoms with van der Waals surface area (Å²) in [5.74, 6) is -13.1. The van der Waals surface area contributed by atoms with Crippen LogP contribution in [0.5, 0.6) is 0 Å². The third-order valence-corrected chi connectivity index (χ3v) is 0.500. The minimum absolute atomic E-state index is 0. The number of hydrogen-bond donors (Lipinski definition) is 0. The van der Waals surface area contributed by atoms with Gasteiger partial charge in [0.15, 0.2) is 0 Å². The van der Waals surface area contributed by atoms with Crippen molar-refractivity contribution in [1.29, 1.82) is 0 Å². The van der Waals surface area contributed by atoms with Gasteiger partial charge in [-0.1, -0.05) is 0 Å². The van der Waals surface area contributed by atoms with Crippen LogP contribution in [0.4, 0.5) is 0 Å². The summed E-state index contributed by atoms with van der Waals surface area (Å²) in [6.45, 7) is 0. The van der Waals surface area contributed by atoms with E-state index in [-0.39, 0.29) is 61.6 Å². The van der Waals surface area contributed by atoms with Crippen LogP contribution in [-0.4, -0.2) is 97.5 Å². The van der Waals surface area contributed by atoms with Crippen molar-refractivity contribution in [3.8, 4) is 0 Å². The van der Waals surface area contributed by atoms with Crippen LogP contribution in [0.3, 0.4) is 0 Å². The Morgan fingerprint density at radius 2 is 0.450 bits per heavy atom. The summed E-state index contributed by atoms with van der Waals surface area (Å²) >= 11 is 0. The van der Waals surface area contributed by atoms with Crippen molar-refractivity contribution in [2.45, 2.75) is 0 Å². The normalized spacial score (nSPS) is 6.60. The van der Waals surface area contributed by atoms with Gasteiger partial charge in [-0.2, -0.15) is 0 Å². The zero-order valence-electron chi connectivity index (χ0n) is 9.11. The third-order valence-electron chi connectivity index (χ3n) is 0.500. The van der Waals surface area contributed by atoms with Crippen LogP contribution >= 0.6 is 0 Å². The average Bonchev–Trinajstić information content (AvgIpc) is 2.18. The predicted molar refractivity (Wildman–Crippen MR) is 41.5 cm³/mol. The van der Waals surface area contributed by atoms with Gasteiger partial charge >= 0.3 is 61.6 Å². The number of carboxylic acid groups (broad SMARTS) is 6. The van der Waals surface area contributed by atoms with Gasteiger partial charge in [-0.3, -0.25) is 0 Å². The van der Waals surface area contributed by atoms with E-state index in [1.807, 2.05) is 0 Å². The standard InChI is InChI=1S/3C2H2O4.Ca.Sn/c3*3-1(4)2(5)6;;/h3*(H,3,4)(H,5,6);;/q;;;+2;+4/p-6. The average molecular weight is 423 g/mol. The quantitative estimate of drug-likeness (QED) is 0.261. The monoisotopic (exact) mass is 424 g/mol. The van der Waals surface area contributed by atoms with Gasteiger partial charge in [0, 0.05) is 0 Å². The van der Waals surface area contributed by atoms with Crippen molar-refractivity contribution in [1.82, 2.24) is 0 Å². The van der Waals surface area contributed by atoms with Gasteiger partial charge in [0.05, 0.1) is 35.8 Å². The number of rotatable bonds is 0. The molecule has 0 saturated heterocycles. The van der Waals surface area contributed by atoms with E-state index in [0.717, 1.165) is 0 Å². The van der Waals surface area contributed by atoms with Gasteiger partial charge in [-0.05, 0) is 0 Å². The van der Waals surface area contributed by atoms with Crippen molar-refractivity contribution in [2.24, 2.45) is 0 Å². The third kappa shape index (κ3) is 36.0. The Morgan fingerprint density at radius 1 is 0.400 bits per heavy atom. The second-order valence-electron chi connectivity index (χ2n) is 1.72. The Morgan fingerprint density at radius 3 is 0.450 bits per heavy atom. The van der Waals surface area contributed by atoms with E-state index in [1.54, 1.807) is 0 Å². The number of carboxylic acids is 6. The summed E-state index contributed by atoms with van der Waals surface area (Å²) in [7, 11) is 0. The fourth-order valence-electron chi connectivity index (χ4n) is 0. The molecule has 12 nitrogen and oxygen atoms in total. The molecule has 0 unspecified atom stereocenters. The van der Waals surface area contributed by atoms with E-state index in [1.165, 1.54) is 0 Å². The molecule has 0 aliphatic heterocycles. The van der Waals surface area contributed by atoms with E-state index in [4.69, 9.17) is 59.4 Å². The van der Waals surface area contributed by atoms with Crippen LogP contribution in [0.2, 0.25) is 0 Å². The Hall–Kier alpha value is -1.12. The molecule has 20 heavy (non-hydrogen) atoms. The smallest absolute Gasteiger partial charge is 0.543 e. The molecule has 0 fully saturated rings. The molecule has 0 aromatic carbocycles. The van der Waals surface area contributed by atoms with Crippen LogP contribution in [0.25, 0.3) is 0 Å². The van der Waals surface area contributed by atoms with Crippen LogP contribution in [0, 0.1) is 0 Å². The molecule has 0 spiro atoms. The van der Waals surface area contributed by atoms with Crippen molar-refractivity contribution in [2.75, 3.05) is 0 Å². The molecule has 0 amide bonds. The fraction of sp³-hybridized carbons (Fsp3) is 0. The van der Waals surface area contributed by atoms with Crippen molar-refractivity contribution >= 4 is 97.5 Å². The number of aliphatic carboxylic acids is 6. The summed E-state index contributed by atoms with van der Waals surface area (Å²) in [5.41, 5.74) is 0. The number of carbonyl (C=O) groups is 6. The zero-order chi connectivity index (χ0) is 15.5. The van der Waals surface area contributed by atoms with Crippen LogP contribution in [0.15, 0.2) is 0 Å². The van der Waals surface area contributed by atoms with Crippen molar-refractivity contribution in [3.05, 3.63) is 0 Å². The second kappa shape index (κ2) is 17.9. The maximum absolute atomic E-state index is 8.93. The van der Waals surface area contributed by atoms with Gasteiger partial charge < -0.3 is 59.4 Å². The Labute approximate surface area is 156 Å². The molecule has 0 radical (unpaired) electrons. The van der Waals surface area contributed by atoms with Gasteiger partial charge in [0.2, 0.25) is 0 Å². The summed E-state index contributed by atoms with van der Waals surface area (Å²) < 4.78 is 0. The maximum atomic E-state index is 8.93. The molecule has 0 N–H and O–H groups in total. The second-order valence-corrected chi connectivity index (χ2v) is 1.72. The zero-order valence-corrected chi connectivity index (χ0v) is 14.2. The minimum Gasteiger partial charge on any atom is -0.543 e. The molecule has 0 rings (SSSR count). The molecule has 0 aromatic rings. The van der Waals surface area contributed by atoms with Gasteiger partial charge in [0.25, 0.3) is 0 Å². The fourth-order valence-corrected chi connectivity index (χ4v) is 0. The van der Waals surface area contributed by atoms with Crippen LogP contribution in [-0.2, 0) is 28.8 Å². The van der Waals surface area contributed by atoms with E-state index < -0.39 is 35.8 Å².